The van der Waals surface area contributed by atoms with E-state index in [0.717, 1.165) is 20.9 Å². The third-order valence-electron chi connectivity index (χ3n) is 2.49. The molecule has 3 nitrogen and oxygen atoms in total. The molecule has 0 aliphatic rings. The van der Waals surface area contributed by atoms with Crippen molar-refractivity contribution >= 4 is 33.0 Å². The second-order valence-corrected chi connectivity index (χ2v) is 6.11. The number of ketones is 1. The number of carbonyl (C=O) groups is 1. The lowest BCUT2D eigenvalue weighted by Gasteiger charge is -2.05. The molecule has 1 heterocycles. The zero-order valence-corrected chi connectivity index (χ0v) is 13.0. The fraction of sp³-hybridized carbons (Fsp3) is 0.286. The highest BCUT2D eigenvalue weighted by Gasteiger charge is 2.07. The topological polar surface area (TPSA) is 39.2 Å². The Kier molecular flexibility index (Phi) is 5.10. The van der Waals surface area contributed by atoms with E-state index in [1.54, 1.807) is 11.3 Å². The van der Waals surface area contributed by atoms with E-state index < -0.39 is 0 Å². The quantitative estimate of drug-likeness (QED) is 0.803. The summed E-state index contributed by atoms with van der Waals surface area (Å²) in [4.78, 5) is 16.0. The van der Waals surface area contributed by atoms with Gasteiger partial charge >= 0.3 is 0 Å². The summed E-state index contributed by atoms with van der Waals surface area (Å²) in [7, 11) is 0. The predicted molar refractivity (Wildman–Crippen MR) is 79.8 cm³/mol. The van der Waals surface area contributed by atoms with Crippen molar-refractivity contribution in [2.45, 2.75) is 19.8 Å². The Morgan fingerprint density at radius 1 is 1.47 bits per heavy atom. The fourth-order valence-corrected chi connectivity index (χ4v) is 2.61. The maximum Gasteiger partial charge on any atom is 0.142 e. The summed E-state index contributed by atoms with van der Waals surface area (Å²) in [5.74, 6) is 0.923. The maximum absolute atomic E-state index is 11.8. The number of ether oxygens (including phenoxy) is 1. The first-order valence-corrected chi connectivity index (χ1v) is 7.62. The molecule has 0 unspecified atom stereocenters. The summed E-state index contributed by atoms with van der Waals surface area (Å²) >= 11 is 4.94. The monoisotopic (exact) mass is 339 g/mol. The van der Waals surface area contributed by atoms with Gasteiger partial charge in [0.05, 0.1) is 17.3 Å². The molecule has 100 valence electrons. The van der Waals surface area contributed by atoms with E-state index in [2.05, 4.69) is 20.9 Å². The molecular formula is C14H14BrNO2S. The van der Waals surface area contributed by atoms with Crippen LogP contribution in [0.2, 0.25) is 0 Å². The Hall–Kier alpha value is -1.20. The van der Waals surface area contributed by atoms with E-state index in [4.69, 9.17) is 4.74 Å². The lowest BCUT2D eigenvalue weighted by Crippen LogP contribution is -2.09. The van der Waals surface area contributed by atoms with Gasteiger partial charge in [0.15, 0.2) is 0 Å². The highest BCUT2D eigenvalue weighted by atomic mass is 79.9. The number of rotatable bonds is 6. The lowest BCUT2D eigenvalue weighted by molar-refractivity contribution is -0.118. The number of halogens is 1. The van der Waals surface area contributed by atoms with Crippen LogP contribution < -0.4 is 4.74 Å². The van der Waals surface area contributed by atoms with Crippen LogP contribution in [0.4, 0.5) is 0 Å². The number of aromatic nitrogens is 1. The molecule has 0 amide bonds. The molecule has 0 N–H and O–H groups in total. The molecule has 1 aromatic heterocycles. The standard InChI is InChI=1S/C14H14BrNO2S/c1-10-16-12(9-19-10)8-13(17)5-6-18-14-4-2-3-11(15)7-14/h2-4,7,9H,5-6,8H2,1H3. The molecule has 0 radical (unpaired) electrons. The van der Waals surface area contributed by atoms with Gasteiger partial charge in [-0.05, 0) is 25.1 Å². The molecule has 5 heteroatoms. The molecule has 0 bridgehead atoms. The number of hydrogen-bond donors (Lipinski definition) is 0. The molecule has 0 saturated carbocycles. The van der Waals surface area contributed by atoms with E-state index in [1.807, 2.05) is 36.6 Å². The molecule has 0 fully saturated rings. The van der Waals surface area contributed by atoms with Crippen molar-refractivity contribution in [1.29, 1.82) is 0 Å². The highest BCUT2D eigenvalue weighted by molar-refractivity contribution is 9.10. The van der Waals surface area contributed by atoms with Gasteiger partial charge in [-0.25, -0.2) is 4.98 Å². The SMILES string of the molecule is Cc1nc(CC(=O)CCOc2cccc(Br)c2)cs1. The minimum Gasteiger partial charge on any atom is -0.493 e. The van der Waals surface area contributed by atoms with Crippen LogP contribution in [0.15, 0.2) is 34.1 Å². The molecule has 2 rings (SSSR count). The van der Waals surface area contributed by atoms with E-state index in [-0.39, 0.29) is 5.78 Å². The van der Waals surface area contributed by atoms with Crippen LogP contribution in [0.1, 0.15) is 17.1 Å². The third-order valence-corrected chi connectivity index (χ3v) is 3.81. The highest BCUT2D eigenvalue weighted by Crippen LogP contribution is 2.18. The number of Topliss-reactive ketones (excluding diaryl/α,β-unsaturated/α-hetero) is 1. The summed E-state index contributed by atoms with van der Waals surface area (Å²) in [6.45, 7) is 2.34. The molecule has 2 aromatic rings. The van der Waals surface area contributed by atoms with Crippen molar-refractivity contribution in [2.24, 2.45) is 0 Å². The number of nitrogens with zero attached hydrogens (tertiary/aromatic N) is 1. The van der Waals surface area contributed by atoms with Gasteiger partial charge in [0, 0.05) is 22.7 Å². The predicted octanol–water partition coefficient (Wildman–Crippen LogP) is 3.79. The summed E-state index contributed by atoms with van der Waals surface area (Å²) in [5.41, 5.74) is 0.856. The molecule has 0 aliphatic carbocycles. The van der Waals surface area contributed by atoms with Crippen LogP contribution in [-0.4, -0.2) is 17.4 Å². The third kappa shape index (κ3) is 4.76. The second-order valence-electron chi connectivity index (χ2n) is 4.13. The van der Waals surface area contributed by atoms with Gasteiger partial charge in [0.1, 0.15) is 11.5 Å². The van der Waals surface area contributed by atoms with E-state index >= 15 is 0 Å². The number of thiazole rings is 1. The van der Waals surface area contributed by atoms with Gasteiger partial charge in [-0.3, -0.25) is 4.79 Å². The molecule has 19 heavy (non-hydrogen) atoms. The number of carbonyl (C=O) groups excluding carboxylic acids is 1. The van der Waals surface area contributed by atoms with Gasteiger partial charge in [-0.1, -0.05) is 22.0 Å². The van der Waals surface area contributed by atoms with E-state index in [9.17, 15) is 4.79 Å². The zero-order chi connectivity index (χ0) is 13.7. The summed E-state index contributed by atoms with van der Waals surface area (Å²) in [5, 5.41) is 2.93. The van der Waals surface area contributed by atoms with Gasteiger partial charge in [0.25, 0.3) is 0 Å². The van der Waals surface area contributed by atoms with Crippen LogP contribution in [0.3, 0.4) is 0 Å². The Morgan fingerprint density at radius 2 is 2.32 bits per heavy atom. The summed E-state index contributed by atoms with van der Waals surface area (Å²) in [6.07, 6.45) is 0.801. The smallest absolute Gasteiger partial charge is 0.142 e. The molecule has 0 saturated heterocycles. The first kappa shape index (κ1) is 14.2. The first-order chi connectivity index (χ1) is 9.13. The molecular weight excluding hydrogens is 326 g/mol. The first-order valence-electron chi connectivity index (χ1n) is 5.94. The largest absolute Gasteiger partial charge is 0.493 e. The van der Waals surface area contributed by atoms with Crippen molar-refractivity contribution in [2.75, 3.05) is 6.61 Å². The minimum absolute atomic E-state index is 0.153. The van der Waals surface area contributed by atoms with Crippen LogP contribution in [0.5, 0.6) is 5.75 Å². The maximum atomic E-state index is 11.8. The van der Waals surface area contributed by atoms with Crippen molar-refractivity contribution < 1.29 is 9.53 Å². The Balaban J connectivity index is 1.75. The van der Waals surface area contributed by atoms with Gasteiger partial charge < -0.3 is 4.74 Å². The van der Waals surface area contributed by atoms with Crippen molar-refractivity contribution in [1.82, 2.24) is 4.98 Å². The Bertz CT molecular complexity index is 568. The average molecular weight is 340 g/mol. The van der Waals surface area contributed by atoms with Gasteiger partial charge in [-0.2, -0.15) is 0 Å². The molecule has 0 aliphatic heterocycles. The van der Waals surface area contributed by atoms with Crippen LogP contribution >= 0.6 is 27.3 Å². The van der Waals surface area contributed by atoms with E-state index in [1.165, 1.54) is 0 Å². The zero-order valence-electron chi connectivity index (χ0n) is 10.6. The normalized spacial score (nSPS) is 10.4. The van der Waals surface area contributed by atoms with Gasteiger partial charge in [-0.15, -0.1) is 11.3 Å². The van der Waals surface area contributed by atoms with Crippen molar-refractivity contribution in [3.63, 3.8) is 0 Å². The second kappa shape index (κ2) is 6.82. The number of benzene rings is 1. The van der Waals surface area contributed by atoms with Crippen molar-refractivity contribution in [3.8, 4) is 5.75 Å². The Labute approximate surface area is 124 Å². The summed E-state index contributed by atoms with van der Waals surface area (Å²) in [6, 6.07) is 7.59. The average Bonchev–Trinajstić information content (AvgIpc) is 2.75. The van der Waals surface area contributed by atoms with Crippen LogP contribution in [0, 0.1) is 6.92 Å². The summed E-state index contributed by atoms with van der Waals surface area (Å²) < 4.78 is 6.50. The van der Waals surface area contributed by atoms with E-state index in [0.29, 0.717) is 19.4 Å². The minimum atomic E-state index is 0.153. The molecule has 0 spiro atoms. The Morgan fingerprint density at radius 3 is 3.00 bits per heavy atom. The number of hydrogen-bond acceptors (Lipinski definition) is 4. The molecule has 0 atom stereocenters. The van der Waals surface area contributed by atoms with Crippen molar-refractivity contribution in [3.05, 3.63) is 44.8 Å². The lowest BCUT2D eigenvalue weighted by atomic mass is 10.2. The van der Waals surface area contributed by atoms with Gasteiger partial charge in [0.2, 0.25) is 0 Å². The van der Waals surface area contributed by atoms with Crippen LogP contribution in [-0.2, 0) is 11.2 Å². The number of aryl methyl sites for hydroxylation is 1. The van der Waals surface area contributed by atoms with Crippen LogP contribution in [0.25, 0.3) is 0 Å². The fourth-order valence-electron chi connectivity index (χ4n) is 1.62. The molecule has 1 aromatic carbocycles.